The molecule has 4 nitrogen and oxygen atoms in total. The molecule has 4 heteroatoms. The Morgan fingerprint density at radius 1 is 1.00 bits per heavy atom. The minimum Gasteiger partial charge on any atom is -0.501 e. The highest BCUT2D eigenvalue weighted by atomic mass is 16.7. The molecule has 0 spiro atoms. The van der Waals surface area contributed by atoms with Gasteiger partial charge < -0.3 is 18.9 Å². The van der Waals surface area contributed by atoms with Crippen LogP contribution in [0.3, 0.4) is 0 Å². The zero-order valence-electron chi connectivity index (χ0n) is 12.8. The Morgan fingerprint density at radius 3 is 2.33 bits per heavy atom. The Labute approximate surface area is 126 Å². The largest absolute Gasteiger partial charge is 0.501 e. The molecule has 0 fully saturated rings. The molecule has 2 rings (SSSR count). The van der Waals surface area contributed by atoms with E-state index in [0.29, 0.717) is 0 Å². The predicted molar refractivity (Wildman–Crippen MR) is 80.9 cm³/mol. The minimum atomic E-state index is -0.865. The number of allylic oxidation sites excluding steroid dienone is 1. The number of hydrogen-bond acceptors (Lipinski definition) is 4. The number of benzene rings is 1. The summed E-state index contributed by atoms with van der Waals surface area (Å²) in [5.41, 5.74) is 1.01. The predicted octanol–water partition coefficient (Wildman–Crippen LogP) is 2.95. The molecular weight excluding hydrogens is 268 g/mol. The summed E-state index contributed by atoms with van der Waals surface area (Å²) in [5.74, 6) is 0.740. The van der Waals surface area contributed by atoms with Gasteiger partial charge >= 0.3 is 0 Å². The maximum atomic E-state index is 5.49. The fourth-order valence-electron chi connectivity index (χ4n) is 2.34. The normalized spacial score (nSPS) is 20.0. The van der Waals surface area contributed by atoms with Crippen LogP contribution in [0.4, 0.5) is 0 Å². The third-order valence-electron chi connectivity index (χ3n) is 3.58. The summed E-state index contributed by atoms with van der Waals surface area (Å²) in [6, 6.07) is 7.87. The van der Waals surface area contributed by atoms with Crippen molar-refractivity contribution in [3.05, 3.63) is 60.2 Å². The quantitative estimate of drug-likeness (QED) is 0.596. The van der Waals surface area contributed by atoms with Gasteiger partial charge in [-0.2, -0.15) is 0 Å². The van der Waals surface area contributed by atoms with Gasteiger partial charge in [0, 0.05) is 32.6 Å². The second-order valence-electron chi connectivity index (χ2n) is 4.67. The van der Waals surface area contributed by atoms with Crippen LogP contribution in [0, 0.1) is 12.3 Å². The molecule has 21 heavy (non-hydrogen) atoms. The molecule has 0 saturated carbocycles. The second kappa shape index (κ2) is 6.78. The van der Waals surface area contributed by atoms with Crippen molar-refractivity contribution in [1.82, 2.24) is 0 Å². The van der Waals surface area contributed by atoms with Crippen LogP contribution in [0.2, 0.25) is 0 Å². The summed E-state index contributed by atoms with van der Waals surface area (Å²) in [7, 11) is 6.51. The van der Waals surface area contributed by atoms with Crippen LogP contribution in [0.1, 0.15) is 5.56 Å². The zero-order valence-corrected chi connectivity index (χ0v) is 12.8. The van der Waals surface area contributed by atoms with Gasteiger partial charge in [-0.05, 0) is 17.7 Å². The van der Waals surface area contributed by atoms with Crippen molar-refractivity contribution in [2.75, 3.05) is 28.4 Å². The molecule has 1 atom stereocenters. The summed E-state index contributed by atoms with van der Waals surface area (Å²) in [6.07, 6.45) is 7.80. The molecule has 0 saturated heterocycles. The van der Waals surface area contributed by atoms with Crippen molar-refractivity contribution in [1.29, 1.82) is 0 Å². The van der Waals surface area contributed by atoms with Crippen molar-refractivity contribution in [3.8, 4) is 5.75 Å². The van der Waals surface area contributed by atoms with E-state index < -0.39 is 5.79 Å². The van der Waals surface area contributed by atoms with Crippen molar-refractivity contribution in [2.45, 2.75) is 5.79 Å². The van der Waals surface area contributed by atoms with E-state index in [0.717, 1.165) is 17.1 Å². The molecule has 1 aliphatic carbocycles. The maximum absolute atomic E-state index is 5.49. The van der Waals surface area contributed by atoms with Gasteiger partial charge in [0.1, 0.15) is 11.5 Å². The number of hydrogen-bond donors (Lipinski definition) is 0. The summed E-state index contributed by atoms with van der Waals surface area (Å²) in [5, 5.41) is 0. The Bertz CT molecular complexity index is 529. The van der Waals surface area contributed by atoms with Crippen molar-refractivity contribution in [3.63, 3.8) is 0 Å². The molecular formula is C17H21O4. The Morgan fingerprint density at radius 2 is 1.71 bits per heavy atom. The van der Waals surface area contributed by atoms with Crippen molar-refractivity contribution >= 4 is 0 Å². The first-order valence-electron chi connectivity index (χ1n) is 6.72. The first kappa shape index (κ1) is 15.6. The highest BCUT2D eigenvalue weighted by Crippen LogP contribution is 2.33. The summed E-state index contributed by atoms with van der Waals surface area (Å²) in [4.78, 5) is 0. The molecule has 0 bridgehead atoms. The van der Waals surface area contributed by atoms with E-state index in [-0.39, 0.29) is 5.92 Å². The number of methoxy groups -OCH3 is 4. The highest BCUT2D eigenvalue weighted by Gasteiger charge is 2.31. The monoisotopic (exact) mass is 289 g/mol. The third-order valence-corrected chi connectivity index (χ3v) is 3.58. The van der Waals surface area contributed by atoms with Gasteiger partial charge in [0.05, 0.1) is 14.2 Å². The topological polar surface area (TPSA) is 36.9 Å². The standard InChI is InChI=1S/C17H21O4/c1-18-15-8-6-5-7-13(15)11-14-9-10-17(20-3,21-4)12-16(14)19-2/h5-12,14H,1-4H3. The molecule has 0 aliphatic heterocycles. The first-order chi connectivity index (χ1) is 10.2. The molecule has 0 heterocycles. The fourth-order valence-corrected chi connectivity index (χ4v) is 2.34. The van der Waals surface area contributed by atoms with Crippen LogP contribution < -0.4 is 4.74 Å². The van der Waals surface area contributed by atoms with E-state index in [1.807, 2.05) is 42.5 Å². The van der Waals surface area contributed by atoms with Gasteiger partial charge in [0.15, 0.2) is 0 Å². The minimum absolute atomic E-state index is 0.00437. The molecule has 0 amide bonds. The molecule has 1 aliphatic rings. The van der Waals surface area contributed by atoms with Gasteiger partial charge in [-0.3, -0.25) is 0 Å². The lowest BCUT2D eigenvalue weighted by atomic mass is 9.91. The molecule has 0 N–H and O–H groups in total. The van der Waals surface area contributed by atoms with Gasteiger partial charge in [-0.25, -0.2) is 0 Å². The van der Waals surface area contributed by atoms with Crippen molar-refractivity contribution in [2.24, 2.45) is 5.92 Å². The van der Waals surface area contributed by atoms with E-state index in [1.165, 1.54) is 0 Å². The Balaban J connectivity index is 2.24. The molecule has 1 aromatic rings. The van der Waals surface area contributed by atoms with E-state index in [9.17, 15) is 0 Å². The smallest absolute Gasteiger partial charge is 0.211 e. The fraction of sp³-hybridized carbons (Fsp3) is 0.353. The number of rotatable bonds is 6. The van der Waals surface area contributed by atoms with Gasteiger partial charge in [-0.1, -0.05) is 24.3 Å². The summed E-state index contributed by atoms with van der Waals surface area (Å²) in [6.45, 7) is 0. The average Bonchev–Trinajstić information content (AvgIpc) is 2.56. The Kier molecular flexibility index (Phi) is 5.04. The van der Waals surface area contributed by atoms with E-state index in [4.69, 9.17) is 18.9 Å². The Hall–Kier alpha value is -1.78. The van der Waals surface area contributed by atoms with Crippen LogP contribution >= 0.6 is 0 Å². The number of ether oxygens (including phenoxy) is 4. The van der Waals surface area contributed by atoms with Crippen LogP contribution in [0.15, 0.2) is 48.3 Å². The van der Waals surface area contributed by atoms with Crippen molar-refractivity contribution < 1.29 is 18.9 Å². The molecule has 0 aromatic heterocycles. The van der Waals surface area contributed by atoms with E-state index in [1.54, 1.807) is 28.4 Å². The van der Waals surface area contributed by atoms with Crippen LogP contribution in [0.5, 0.6) is 5.75 Å². The van der Waals surface area contributed by atoms with E-state index >= 15 is 0 Å². The first-order valence-corrected chi connectivity index (χ1v) is 6.72. The summed E-state index contributed by atoms with van der Waals surface area (Å²) >= 11 is 0. The highest BCUT2D eigenvalue weighted by molar-refractivity contribution is 5.42. The average molecular weight is 289 g/mol. The lowest BCUT2D eigenvalue weighted by molar-refractivity contribution is -0.136. The van der Waals surface area contributed by atoms with E-state index in [2.05, 4.69) is 6.42 Å². The molecule has 1 unspecified atom stereocenters. The number of para-hydroxylation sites is 1. The SMILES string of the molecule is COC1=CC(OC)(OC)C=CC1[CH]c1ccccc1OC. The van der Waals surface area contributed by atoms with Crippen LogP contribution in [0.25, 0.3) is 0 Å². The van der Waals surface area contributed by atoms with Gasteiger partial charge in [0.25, 0.3) is 0 Å². The van der Waals surface area contributed by atoms with Crippen LogP contribution in [-0.2, 0) is 14.2 Å². The van der Waals surface area contributed by atoms with Gasteiger partial charge in [0.2, 0.25) is 5.79 Å². The van der Waals surface area contributed by atoms with Gasteiger partial charge in [-0.15, -0.1) is 0 Å². The lowest BCUT2D eigenvalue weighted by Crippen LogP contribution is -2.32. The molecule has 1 aromatic carbocycles. The third kappa shape index (κ3) is 3.28. The second-order valence-corrected chi connectivity index (χ2v) is 4.67. The van der Waals surface area contributed by atoms with Crippen LogP contribution in [-0.4, -0.2) is 34.2 Å². The molecule has 113 valence electrons. The lowest BCUT2D eigenvalue weighted by Gasteiger charge is -2.30. The molecule has 1 radical (unpaired) electrons. The maximum Gasteiger partial charge on any atom is 0.211 e. The zero-order chi connectivity index (χ0) is 15.3. The summed E-state index contributed by atoms with van der Waals surface area (Å²) < 4.78 is 21.7.